The third-order valence-electron chi connectivity index (χ3n) is 3.17. The minimum absolute atomic E-state index is 0.600. The number of rotatable bonds is 6. The molecular weight excluding hydrogens is 222 g/mol. The molecule has 0 amide bonds. The Bertz CT molecular complexity index is 312. The number of nitrogens with one attached hydrogen (secondary N) is 1. The van der Waals surface area contributed by atoms with Crippen LogP contribution in [0.5, 0.6) is 5.75 Å². The number of hydrogen-bond acceptors (Lipinski definition) is 2. The lowest BCUT2D eigenvalue weighted by atomic mass is 9.85. The number of ether oxygens (including phenoxy) is 1. The lowest BCUT2D eigenvalue weighted by Gasteiger charge is -2.23. The Kier molecular flexibility index (Phi) is 9.39. The first-order valence-corrected chi connectivity index (χ1v) is 7.01. The van der Waals surface area contributed by atoms with Crippen LogP contribution in [0.4, 0.5) is 0 Å². The van der Waals surface area contributed by atoms with E-state index in [2.05, 4.69) is 37.4 Å². The molecule has 0 heterocycles. The smallest absolute Gasteiger partial charge is 0.119 e. The van der Waals surface area contributed by atoms with Gasteiger partial charge in [-0.25, -0.2) is 0 Å². The molecule has 0 spiro atoms. The second-order valence-corrected chi connectivity index (χ2v) is 4.33. The van der Waals surface area contributed by atoms with Crippen molar-refractivity contribution in [3.8, 4) is 5.75 Å². The van der Waals surface area contributed by atoms with Crippen LogP contribution >= 0.6 is 0 Å². The van der Waals surface area contributed by atoms with Gasteiger partial charge in [-0.15, -0.1) is 0 Å². The molecular formula is C16H29NO. The molecule has 18 heavy (non-hydrogen) atoms. The molecule has 1 aromatic carbocycles. The number of hydrogen-bond donors (Lipinski definition) is 1. The van der Waals surface area contributed by atoms with Crippen LogP contribution in [0.25, 0.3) is 0 Å². The summed E-state index contributed by atoms with van der Waals surface area (Å²) in [6, 6.07) is 8.42. The Morgan fingerprint density at radius 1 is 1.28 bits per heavy atom. The average molecular weight is 251 g/mol. The van der Waals surface area contributed by atoms with Gasteiger partial charge in [-0.3, -0.25) is 0 Å². The van der Waals surface area contributed by atoms with E-state index in [0.717, 1.165) is 18.7 Å². The average Bonchev–Trinajstić information content (AvgIpc) is 2.42. The van der Waals surface area contributed by atoms with E-state index < -0.39 is 0 Å². The van der Waals surface area contributed by atoms with Crippen LogP contribution in [0.15, 0.2) is 24.3 Å². The maximum atomic E-state index is 5.27. The summed E-state index contributed by atoms with van der Waals surface area (Å²) in [5.41, 5.74) is 1.38. The van der Waals surface area contributed by atoms with Crippen LogP contribution in [0.1, 0.15) is 45.6 Å². The molecule has 0 fully saturated rings. The largest absolute Gasteiger partial charge is 0.497 e. The number of benzene rings is 1. The monoisotopic (exact) mass is 251 g/mol. The fraction of sp³-hybridized carbons (Fsp3) is 0.625. The van der Waals surface area contributed by atoms with Gasteiger partial charge in [-0.2, -0.15) is 0 Å². The maximum absolute atomic E-state index is 5.27. The van der Waals surface area contributed by atoms with Crippen molar-refractivity contribution in [3.05, 3.63) is 29.8 Å². The quantitative estimate of drug-likeness (QED) is 0.823. The minimum atomic E-state index is 0.600. The zero-order chi connectivity index (χ0) is 14.0. The molecule has 0 aliphatic rings. The highest BCUT2D eigenvalue weighted by atomic mass is 16.5. The molecule has 104 valence electrons. The van der Waals surface area contributed by atoms with Crippen LogP contribution in [-0.4, -0.2) is 20.7 Å². The Morgan fingerprint density at radius 3 is 2.44 bits per heavy atom. The van der Waals surface area contributed by atoms with Gasteiger partial charge in [0, 0.05) is 0 Å². The molecule has 0 aliphatic carbocycles. The summed E-state index contributed by atoms with van der Waals surface area (Å²) in [4.78, 5) is 0. The predicted molar refractivity (Wildman–Crippen MR) is 80.5 cm³/mol. The second kappa shape index (κ2) is 9.95. The van der Waals surface area contributed by atoms with Crippen molar-refractivity contribution in [2.45, 2.75) is 40.0 Å². The van der Waals surface area contributed by atoms with Crippen LogP contribution in [0.2, 0.25) is 0 Å². The van der Waals surface area contributed by atoms with Gasteiger partial charge >= 0.3 is 0 Å². The molecule has 2 atom stereocenters. The van der Waals surface area contributed by atoms with Gasteiger partial charge in [0.25, 0.3) is 0 Å². The Labute approximate surface area is 113 Å². The lowest BCUT2D eigenvalue weighted by molar-refractivity contribution is 0.407. The molecule has 0 radical (unpaired) electrons. The van der Waals surface area contributed by atoms with E-state index in [1.807, 2.05) is 27.0 Å². The van der Waals surface area contributed by atoms with E-state index in [4.69, 9.17) is 4.74 Å². The normalized spacial score (nSPS) is 13.2. The van der Waals surface area contributed by atoms with Gasteiger partial charge in [-0.1, -0.05) is 39.8 Å². The highest BCUT2D eigenvalue weighted by molar-refractivity contribution is 5.31. The van der Waals surface area contributed by atoms with E-state index in [1.165, 1.54) is 5.56 Å². The molecule has 0 aromatic heterocycles. The minimum Gasteiger partial charge on any atom is -0.497 e. The molecule has 2 heteroatoms. The molecule has 1 aromatic rings. The molecule has 0 saturated carbocycles. The molecule has 1 rings (SSSR count). The third-order valence-corrected chi connectivity index (χ3v) is 3.17. The SMILES string of the molecule is CC.CC[C@@H](c1cccc(OC)c1)[C@@H](C)CNC. The summed E-state index contributed by atoms with van der Waals surface area (Å²) in [6.07, 6.45) is 1.16. The molecule has 0 saturated heterocycles. The topological polar surface area (TPSA) is 21.3 Å². The van der Waals surface area contributed by atoms with Crippen LogP contribution in [-0.2, 0) is 0 Å². The summed E-state index contributed by atoms with van der Waals surface area (Å²) in [6.45, 7) is 9.59. The molecule has 1 N–H and O–H groups in total. The number of methoxy groups -OCH3 is 1. The second-order valence-electron chi connectivity index (χ2n) is 4.33. The fourth-order valence-corrected chi connectivity index (χ4v) is 2.30. The van der Waals surface area contributed by atoms with Gasteiger partial charge in [0.15, 0.2) is 0 Å². The Morgan fingerprint density at radius 2 is 1.94 bits per heavy atom. The van der Waals surface area contributed by atoms with E-state index in [9.17, 15) is 0 Å². The molecule has 2 nitrogen and oxygen atoms in total. The summed E-state index contributed by atoms with van der Waals surface area (Å²) in [7, 11) is 3.73. The highest BCUT2D eigenvalue weighted by Gasteiger charge is 2.17. The van der Waals surface area contributed by atoms with Crippen molar-refractivity contribution in [1.29, 1.82) is 0 Å². The highest BCUT2D eigenvalue weighted by Crippen LogP contribution is 2.29. The summed E-state index contributed by atoms with van der Waals surface area (Å²) in [5.74, 6) is 2.19. The zero-order valence-corrected chi connectivity index (χ0v) is 12.8. The maximum Gasteiger partial charge on any atom is 0.119 e. The van der Waals surface area contributed by atoms with Crippen molar-refractivity contribution in [1.82, 2.24) is 5.32 Å². The Hall–Kier alpha value is -1.02. The lowest BCUT2D eigenvalue weighted by Crippen LogP contribution is -2.22. The van der Waals surface area contributed by atoms with Crippen LogP contribution in [0.3, 0.4) is 0 Å². The van der Waals surface area contributed by atoms with Gasteiger partial charge in [0.2, 0.25) is 0 Å². The first kappa shape index (κ1) is 17.0. The summed E-state index contributed by atoms with van der Waals surface area (Å²) < 4.78 is 5.27. The first-order chi connectivity index (χ1) is 8.72. The van der Waals surface area contributed by atoms with Gasteiger partial charge in [-0.05, 0) is 49.5 Å². The van der Waals surface area contributed by atoms with Crippen molar-refractivity contribution in [2.24, 2.45) is 5.92 Å². The predicted octanol–water partition coefficient (Wildman–Crippen LogP) is 4.07. The standard InChI is InChI=1S/C14H23NO.C2H6/c1-5-14(11(2)10-15-3)12-7-6-8-13(9-12)16-4;1-2/h6-9,11,14-15H,5,10H2,1-4H3;1-2H3/t11-,14+;/m0./s1. The van der Waals surface area contributed by atoms with E-state index in [-0.39, 0.29) is 0 Å². The van der Waals surface area contributed by atoms with Crippen molar-refractivity contribution in [3.63, 3.8) is 0 Å². The van der Waals surface area contributed by atoms with Crippen LogP contribution in [0, 0.1) is 5.92 Å². The van der Waals surface area contributed by atoms with Crippen molar-refractivity contribution < 1.29 is 4.74 Å². The molecule has 0 unspecified atom stereocenters. The third kappa shape index (κ3) is 5.09. The van der Waals surface area contributed by atoms with Crippen LogP contribution < -0.4 is 10.1 Å². The van der Waals surface area contributed by atoms with E-state index in [0.29, 0.717) is 11.8 Å². The van der Waals surface area contributed by atoms with Gasteiger partial charge in [0.05, 0.1) is 7.11 Å². The molecule has 0 aliphatic heterocycles. The van der Waals surface area contributed by atoms with Gasteiger partial charge < -0.3 is 10.1 Å². The molecule has 0 bridgehead atoms. The van der Waals surface area contributed by atoms with Crippen molar-refractivity contribution in [2.75, 3.05) is 20.7 Å². The van der Waals surface area contributed by atoms with Crippen molar-refractivity contribution >= 4 is 0 Å². The van der Waals surface area contributed by atoms with E-state index in [1.54, 1.807) is 7.11 Å². The Balaban J connectivity index is 0.00000137. The van der Waals surface area contributed by atoms with Gasteiger partial charge in [0.1, 0.15) is 5.75 Å². The summed E-state index contributed by atoms with van der Waals surface area (Å²) >= 11 is 0. The fourth-order valence-electron chi connectivity index (χ4n) is 2.30. The van der Waals surface area contributed by atoms with E-state index >= 15 is 0 Å². The zero-order valence-electron chi connectivity index (χ0n) is 12.8. The summed E-state index contributed by atoms with van der Waals surface area (Å²) in [5, 5.41) is 3.25. The first-order valence-electron chi connectivity index (χ1n) is 7.01.